The summed E-state index contributed by atoms with van der Waals surface area (Å²) in [6.07, 6.45) is 0. The summed E-state index contributed by atoms with van der Waals surface area (Å²) in [4.78, 5) is 42.2. The molecule has 0 spiro atoms. The predicted octanol–water partition coefficient (Wildman–Crippen LogP) is 3.13. The van der Waals surface area contributed by atoms with Crippen LogP contribution in [0.4, 0.5) is 10.5 Å². The first-order valence-electron chi connectivity index (χ1n) is 10.8. The monoisotopic (exact) mass is 448 g/mol. The van der Waals surface area contributed by atoms with E-state index in [0.29, 0.717) is 28.3 Å². The fourth-order valence-electron chi connectivity index (χ4n) is 4.25. The van der Waals surface area contributed by atoms with Gasteiger partial charge in [-0.1, -0.05) is 24.3 Å². The van der Waals surface area contributed by atoms with Gasteiger partial charge >= 0.3 is 6.03 Å². The number of nitrogens with one attached hydrogen (secondary N) is 2. The molecular formula is C25H28N4O4. The Labute approximate surface area is 193 Å². The maximum absolute atomic E-state index is 13.5. The zero-order valence-electron chi connectivity index (χ0n) is 19.4. The quantitative estimate of drug-likeness (QED) is 0.735. The maximum Gasteiger partial charge on any atom is 0.322 e. The van der Waals surface area contributed by atoms with Gasteiger partial charge in [-0.3, -0.25) is 14.5 Å². The van der Waals surface area contributed by atoms with Crippen molar-refractivity contribution in [2.24, 2.45) is 0 Å². The van der Waals surface area contributed by atoms with Gasteiger partial charge in [0.1, 0.15) is 11.8 Å². The number of amides is 4. The number of para-hydroxylation sites is 1. The summed E-state index contributed by atoms with van der Waals surface area (Å²) < 4.78 is 5.46. The number of urea groups is 1. The highest BCUT2D eigenvalue weighted by atomic mass is 16.5. The summed E-state index contributed by atoms with van der Waals surface area (Å²) in [5.74, 6) is 0.00343. The lowest BCUT2D eigenvalue weighted by Crippen LogP contribution is -2.45. The van der Waals surface area contributed by atoms with Crippen molar-refractivity contribution < 1.29 is 19.1 Å². The van der Waals surface area contributed by atoms with Gasteiger partial charge in [0.05, 0.1) is 31.0 Å². The molecular weight excluding hydrogens is 420 g/mol. The second-order valence-corrected chi connectivity index (χ2v) is 8.44. The molecule has 0 unspecified atom stereocenters. The minimum atomic E-state index is -0.730. The first kappa shape index (κ1) is 22.4. The number of benzene rings is 2. The van der Waals surface area contributed by atoms with Crippen molar-refractivity contribution >= 4 is 23.5 Å². The Kier molecular flexibility index (Phi) is 5.84. The fourth-order valence-corrected chi connectivity index (χ4v) is 4.25. The van der Waals surface area contributed by atoms with Crippen LogP contribution >= 0.6 is 0 Å². The molecule has 33 heavy (non-hydrogen) atoms. The first-order valence-corrected chi connectivity index (χ1v) is 10.8. The highest BCUT2D eigenvalue weighted by molar-refractivity contribution is 6.05. The third-order valence-corrected chi connectivity index (χ3v) is 6.46. The molecule has 2 aliphatic rings. The Morgan fingerprint density at radius 2 is 1.88 bits per heavy atom. The van der Waals surface area contributed by atoms with E-state index in [1.165, 1.54) is 9.80 Å². The Morgan fingerprint density at radius 3 is 2.58 bits per heavy atom. The number of carbonyl (C=O) groups excluding carboxylic acids is 3. The van der Waals surface area contributed by atoms with E-state index in [1.54, 1.807) is 27.1 Å². The second kappa shape index (κ2) is 8.61. The molecule has 2 aliphatic heterocycles. The number of nitrogens with zero attached hydrogens (tertiary/aromatic N) is 2. The number of hydrogen-bond acceptors (Lipinski definition) is 4. The van der Waals surface area contributed by atoms with Gasteiger partial charge in [-0.15, -0.1) is 0 Å². The van der Waals surface area contributed by atoms with E-state index in [-0.39, 0.29) is 24.4 Å². The Bertz CT molecular complexity index is 1170. The topological polar surface area (TPSA) is 91.0 Å². The number of aryl methyl sites for hydroxylation is 2. The smallest absolute Gasteiger partial charge is 0.322 e. The molecule has 172 valence electrons. The van der Waals surface area contributed by atoms with Crippen LogP contribution in [0.25, 0.3) is 0 Å². The van der Waals surface area contributed by atoms with Crippen molar-refractivity contribution in [1.82, 2.24) is 15.1 Å². The molecule has 2 aromatic rings. The van der Waals surface area contributed by atoms with Gasteiger partial charge in [0, 0.05) is 18.3 Å². The number of methoxy groups -OCH3 is 1. The number of anilines is 1. The van der Waals surface area contributed by atoms with Crippen molar-refractivity contribution in [2.75, 3.05) is 26.0 Å². The van der Waals surface area contributed by atoms with E-state index in [4.69, 9.17) is 4.74 Å². The zero-order valence-corrected chi connectivity index (χ0v) is 19.4. The van der Waals surface area contributed by atoms with Crippen LogP contribution in [0.3, 0.4) is 0 Å². The maximum atomic E-state index is 13.5. The predicted molar refractivity (Wildman–Crippen MR) is 125 cm³/mol. The third-order valence-electron chi connectivity index (χ3n) is 6.46. The lowest BCUT2D eigenvalue weighted by atomic mass is 9.95. The van der Waals surface area contributed by atoms with E-state index >= 15 is 0 Å². The Morgan fingerprint density at radius 1 is 1.15 bits per heavy atom. The van der Waals surface area contributed by atoms with Crippen LogP contribution in [0.1, 0.15) is 29.7 Å². The molecule has 0 aliphatic carbocycles. The van der Waals surface area contributed by atoms with Crippen LogP contribution in [0, 0.1) is 13.8 Å². The summed E-state index contributed by atoms with van der Waals surface area (Å²) >= 11 is 0. The summed E-state index contributed by atoms with van der Waals surface area (Å²) in [6, 6.07) is 11.3. The van der Waals surface area contributed by atoms with E-state index < -0.39 is 12.1 Å². The standard InChI is InChI=1S/C25H28N4O4/c1-14-10-11-17(12-15(14)2)26-23(30)16(3)29-13-19-21(24(29)31)22(27-25(32)28(19)4)18-8-6-7-9-20(18)33-5/h6-12,16,22H,13H2,1-5H3,(H,26,30)(H,27,32)/t16-,22-/m1/s1. The molecule has 0 bridgehead atoms. The second-order valence-electron chi connectivity index (χ2n) is 8.44. The van der Waals surface area contributed by atoms with Crippen molar-refractivity contribution in [3.63, 3.8) is 0 Å². The molecule has 8 heteroatoms. The van der Waals surface area contributed by atoms with Crippen molar-refractivity contribution in [3.8, 4) is 5.75 Å². The highest BCUT2D eigenvalue weighted by Gasteiger charge is 2.45. The lowest BCUT2D eigenvalue weighted by molar-refractivity contribution is -0.133. The molecule has 2 aromatic carbocycles. The van der Waals surface area contributed by atoms with E-state index in [1.807, 2.05) is 50.2 Å². The molecule has 0 radical (unpaired) electrons. The number of rotatable bonds is 5. The van der Waals surface area contributed by atoms with Gasteiger partial charge in [-0.05, 0) is 50.1 Å². The van der Waals surface area contributed by atoms with Crippen LogP contribution in [0.2, 0.25) is 0 Å². The number of ether oxygens (including phenoxy) is 1. The Hall–Kier alpha value is -3.81. The summed E-state index contributed by atoms with van der Waals surface area (Å²) in [7, 11) is 3.17. The van der Waals surface area contributed by atoms with Gasteiger partial charge in [-0.25, -0.2) is 4.79 Å². The molecule has 0 saturated carbocycles. The first-order chi connectivity index (χ1) is 15.7. The van der Waals surface area contributed by atoms with E-state index in [0.717, 1.165) is 11.1 Å². The molecule has 2 N–H and O–H groups in total. The summed E-state index contributed by atoms with van der Waals surface area (Å²) in [5.41, 5.74) is 4.62. The molecule has 4 amide bonds. The largest absolute Gasteiger partial charge is 0.496 e. The SMILES string of the molecule is COc1ccccc1[C@H]1NC(=O)N(C)C2=C1C(=O)N([C@H](C)C(=O)Nc1ccc(C)c(C)c1)C2. The summed E-state index contributed by atoms with van der Waals surface area (Å²) in [5, 5.41) is 5.80. The number of likely N-dealkylation sites (N-methyl/N-ethyl adjacent to an activating group) is 1. The average molecular weight is 449 g/mol. The molecule has 8 nitrogen and oxygen atoms in total. The minimum absolute atomic E-state index is 0.172. The molecule has 4 rings (SSSR count). The van der Waals surface area contributed by atoms with Crippen molar-refractivity contribution in [3.05, 3.63) is 70.4 Å². The normalized spacial score (nSPS) is 18.8. The fraction of sp³-hybridized carbons (Fsp3) is 0.320. The van der Waals surface area contributed by atoms with Gasteiger partial charge in [0.2, 0.25) is 5.91 Å². The van der Waals surface area contributed by atoms with Crippen LogP contribution < -0.4 is 15.4 Å². The van der Waals surface area contributed by atoms with Crippen molar-refractivity contribution in [2.45, 2.75) is 32.9 Å². The van der Waals surface area contributed by atoms with E-state index in [2.05, 4.69) is 10.6 Å². The molecule has 0 saturated heterocycles. The van der Waals surface area contributed by atoms with E-state index in [9.17, 15) is 14.4 Å². The van der Waals surface area contributed by atoms with Crippen molar-refractivity contribution in [1.29, 1.82) is 0 Å². The summed E-state index contributed by atoms with van der Waals surface area (Å²) in [6.45, 7) is 5.85. The molecule has 0 aromatic heterocycles. The van der Waals surface area contributed by atoms with Gasteiger partial charge < -0.3 is 20.3 Å². The number of hydrogen-bond donors (Lipinski definition) is 2. The molecule has 0 fully saturated rings. The van der Waals surface area contributed by atoms with Crippen LogP contribution in [-0.4, -0.2) is 54.4 Å². The van der Waals surface area contributed by atoms with Crippen LogP contribution in [0.15, 0.2) is 53.7 Å². The molecule has 2 heterocycles. The lowest BCUT2D eigenvalue weighted by Gasteiger charge is -2.31. The minimum Gasteiger partial charge on any atom is -0.496 e. The third kappa shape index (κ3) is 3.92. The average Bonchev–Trinajstić information content (AvgIpc) is 3.15. The van der Waals surface area contributed by atoms with Crippen LogP contribution in [0.5, 0.6) is 5.75 Å². The van der Waals surface area contributed by atoms with Crippen LogP contribution in [-0.2, 0) is 9.59 Å². The number of carbonyl (C=O) groups is 3. The zero-order chi connectivity index (χ0) is 23.9. The van der Waals surface area contributed by atoms with Gasteiger partial charge in [0.25, 0.3) is 5.91 Å². The highest BCUT2D eigenvalue weighted by Crippen LogP contribution is 2.39. The molecule has 2 atom stereocenters. The Balaban J connectivity index is 1.61. The van der Waals surface area contributed by atoms with Gasteiger partial charge in [-0.2, -0.15) is 0 Å². The van der Waals surface area contributed by atoms with Gasteiger partial charge in [0.15, 0.2) is 0 Å².